The van der Waals surface area contributed by atoms with Crippen molar-refractivity contribution in [3.8, 4) is 11.5 Å². The summed E-state index contributed by atoms with van der Waals surface area (Å²) in [7, 11) is 0. The predicted octanol–water partition coefficient (Wildman–Crippen LogP) is 3.61. The first-order chi connectivity index (χ1) is 10.6. The minimum absolute atomic E-state index is 0.150. The van der Waals surface area contributed by atoms with Gasteiger partial charge in [-0.1, -0.05) is 28.9 Å². The van der Waals surface area contributed by atoms with E-state index in [4.69, 9.17) is 4.52 Å². The quantitative estimate of drug-likeness (QED) is 0.801. The topological polar surface area (TPSA) is 68.0 Å². The molecule has 0 unspecified atom stereocenters. The molecule has 5 heteroatoms. The van der Waals surface area contributed by atoms with Gasteiger partial charge in [-0.2, -0.15) is 4.98 Å². The van der Waals surface area contributed by atoms with Crippen molar-refractivity contribution in [2.24, 2.45) is 0 Å². The van der Waals surface area contributed by atoms with Crippen LogP contribution in [0.2, 0.25) is 0 Å². The maximum Gasteiger partial charge on any atom is 0.257 e. The van der Waals surface area contributed by atoms with E-state index in [1.165, 1.54) is 0 Å². The molecule has 1 heterocycles. The monoisotopic (exact) mass is 293 g/mol. The molecule has 1 N–H and O–H groups in total. The van der Waals surface area contributed by atoms with Crippen LogP contribution in [0.1, 0.15) is 21.7 Å². The molecule has 0 saturated carbocycles. The van der Waals surface area contributed by atoms with Crippen LogP contribution < -0.4 is 5.32 Å². The van der Waals surface area contributed by atoms with E-state index in [2.05, 4.69) is 15.5 Å². The van der Waals surface area contributed by atoms with Gasteiger partial charge in [0.2, 0.25) is 0 Å². The smallest absolute Gasteiger partial charge is 0.257 e. The van der Waals surface area contributed by atoms with Crippen LogP contribution in [0.15, 0.2) is 53.1 Å². The standard InChI is InChI=1S/C17H15N3O2/c1-11-5-3-6-13(9-11)16(21)19-15-8-4-7-14(10-15)17-18-12(2)20-22-17/h3-10H,1-2H3,(H,19,21). The molecule has 0 aliphatic carbocycles. The summed E-state index contributed by atoms with van der Waals surface area (Å²) in [6, 6.07) is 14.8. The second-order valence-electron chi connectivity index (χ2n) is 5.05. The van der Waals surface area contributed by atoms with E-state index in [0.717, 1.165) is 11.1 Å². The number of carbonyl (C=O) groups is 1. The number of nitrogens with zero attached hydrogens (tertiary/aromatic N) is 2. The SMILES string of the molecule is Cc1cccc(C(=O)Nc2cccc(-c3nc(C)no3)c2)c1. The van der Waals surface area contributed by atoms with Crippen LogP contribution >= 0.6 is 0 Å². The molecular formula is C17H15N3O2. The Morgan fingerprint density at radius 3 is 2.64 bits per heavy atom. The van der Waals surface area contributed by atoms with Crippen LogP contribution in [-0.2, 0) is 0 Å². The van der Waals surface area contributed by atoms with Crippen molar-refractivity contribution < 1.29 is 9.32 Å². The zero-order valence-corrected chi connectivity index (χ0v) is 12.3. The molecule has 1 aromatic heterocycles. The number of anilines is 1. The molecule has 5 nitrogen and oxygen atoms in total. The summed E-state index contributed by atoms with van der Waals surface area (Å²) in [5.74, 6) is 0.857. The van der Waals surface area contributed by atoms with E-state index in [1.54, 1.807) is 19.1 Å². The molecule has 0 spiro atoms. The molecule has 0 bridgehead atoms. The highest BCUT2D eigenvalue weighted by Gasteiger charge is 2.09. The van der Waals surface area contributed by atoms with E-state index in [-0.39, 0.29) is 5.91 Å². The molecule has 110 valence electrons. The number of nitrogens with one attached hydrogen (secondary N) is 1. The van der Waals surface area contributed by atoms with Crippen molar-refractivity contribution in [1.82, 2.24) is 10.1 Å². The van der Waals surface area contributed by atoms with Gasteiger partial charge in [-0.25, -0.2) is 0 Å². The van der Waals surface area contributed by atoms with Gasteiger partial charge < -0.3 is 9.84 Å². The largest absolute Gasteiger partial charge is 0.334 e. The van der Waals surface area contributed by atoms with Gasteiger partial charge in [0.05, 0.1) is 0 Å². The number of aromatic nitrogens is 2. The van der Waals surface area contributed by atoms with Crippen molar-refractivity contribution in [3.63, 3.8) is 0 Å². The molecule has 3 rings (SSSR count). The van der Waals surface area contributed by atoms with Gasteiger partial charge in [0.15, 0.2) is 5.82 Å². The van der Waals surface area contributed by atoms with Gasteiger partial charge in [0, 0.05) is 16.8 Å². The Morgan fingerprint density at radius 2 is 1.91 bits per heavy atom. The van der Waals surface area contributed by atoms with Crippen LogP contribution in [0, 0.1) is 13.8 Å². The van der Waals surface area contributed by atoms with Crippen molar-refractivity contribution in [1.29, 1.82) is 0 Å². The van der Waals surface area contributed by atoms with E-state index < -0.39 is 0 Å². The average Bonchev–Trinajstić information content (AvgIpc) is 2.94. The van der Waals surface area contributed by atoms with Gasteiger partial charge in [0.25, 0.3) is 11.8 Å². The third kappa shape index (κ3) is 3.03. The second-order valence-corrected chi connectivity index (χ2v) is 5.05. The van der Waals surface area contributed by atoms with Gasteiger partial charge in [-0.3, -0.25) is 4.79 Å². The molecule has 0 atom stereocenters. The summed E-state index contributed by atoms with van der Waals surface area (Å²) in [5, 5.41) is 6.64. The molecule has 1 amide bonds. The maximum absolute atomic E-state index is 12.3. The average molecular weight is 293 g/mol. The number of amides is 1. The first-order valence-electron chi connectivity index (χ1n) is 6.90. The first kappa shape index (κ1) is 14.0. The highest BCUT2D eigenvalue weighted by molar-refractivity contribution is 6.04. The lowest BCUT2D eigenvalue weighted by atomic mass is 10.1. The fourth-order valence-electron chi connectivity index (χ4n) is 2.13. The number of rotatable bonds is 3. The molecule has 22 heavy (non-hydrogen) atoms. The first-order valence-corrected chi connectivity index (χ1v) is 6.90. The second kappa shape index (κ2) is 5.81. The van der Waals surface area contributed by atoms with E-state index in [0.29, 0.717) is 23.0 Å². The normalized spacial score (nSPS) is 10.5. The molecule has 2 aromatic carbocycles. The van der Waals surface area contributed by atoms with Gasteiger partial charge in [0.1, 0.15) is 0 Å². The van der Waals surface area contributed by atoms with E-state index in [1.807, 2.05) is 43.3 Å². The molecule has 0 fully saturated rings. The predicted molar refractivity (Wildman–Crippen MR) is 83.6 cm³/mol. The Kier molecular flexibility index (Phi) is 3.70. The summed E-state index contributed by atoms with van der Waals surface area (Å²) >= 11 is 0. The Bertz CT molecular complexity index is 824. The Balaban J connectivity index is 1.82. The van der Waals surface area contributed by atoms with E-state index >= 15 is 0 Å². The summed E-state index contributed by atoms with van der Waals surface area (Å²) < 4.78 is 5.14. The fourth-order valence-corrected chi connectivity index (χ4v) is 2.13. The fraction of sp³-hybridized carbons (Fsp3) is 0.118. The molecular weight excluding hydrogens is 278 g/mol. The Morgan fingerprint density at radius 1 is 1.09 bits per heavy atom. The van der Waals surface area contributed by atoms with Crippen molar-refractivity contribution in [2.75, 3.05) is 5.32 Å². The summed E-state index contributed by atoms with van der Waals surface area (Å²) in [4.78, 5) is 16.4. The maximum atomic E-state index is 12.3. The number of aryl methyl sites for hydroxylation is 2. The van der Waals surface area contributed by atoms with Crippen LogP contribution in [0.5, 0.6) is 0 Å². The third-order valence-corrected chi connectivity index (χ3v) is 3.18. The highest BCUT2D eigenvalue weighted by atomic mass is 16.5. The van der Waals surface area contributed by atoms with Gasteiger partial charge in [-0.05, 0) is 44.2 Å². The van der Waals surface area contributed by atoms with Crippen molar-refractivity contribution in [3.05, 3.63) is 65.5 Å². The van der Waals surface area contributed by atoms with Gasteiger partial charge >= 0.3 is 0 Å². The highest BCUT2D eigenvalue weighted by Crippen LogP contribution is 2.21. The number of benzene rings is 2. The van der Waals surface area contributed by atoms with Gasteiger partial charge in [-0.15, -0.1) is 0 Å². The van der Waals surface area contributed by atoms with Crippen molar-refractivity contribution >= 4 is 11.6 Å². The summed E-state index contributed by atoms with van der Waals surface area (Å²) in [6.07, 6.45) is 0. The molecule has 0 saturated heterocycles. The number of hydrogen-bond acceptors (Lipinski definition) is 4. The number of hydrogen-bond donors (Lipinski definition) is 1. The zero-order valence-electron chi connectivity index (χ0n) is 12.3. The van der Waals surface area contributed by atoms with Crippen LogP contribution in [-0.4, -0.2) is 16.0 Å². The zero-order chi connectivity index (χ0) is 15.5. The molecule has 0 radical (unpaired) electrons. The Labute approximate surface area is 128 Å². The molecule has 3 aromatic rings. The summed E-state index contributed by atoms with van der Waals surface area (Å²) in [6.45, 7) is 3.71. The lowest BCUT2D eigenvalue weighted by molar-refractivity contribution is 0.102. The minimum atomic E-state index is -0.150. The Hall–Kier alpha value is -2.95. The minimum Gasteiger partial charge on any atom is -0.334 e. The van der Waals surface area contributed by atoms with E-state index in [9.17, 15) is 4.79 Å². The molecule has 0 aliphatic heterocycles. The third-order valence-electron chi connectivity index (χ3n) is 3.18. The number of carbonyl (C=O) groups excluding carboxylic acids is 1. The molecule has 0 aliphatic rings. The van der Waals surface area contributed by atoms with Crippen LogP contribution in [0.25, 0.3) is 11.5 Å². The van der Waals surface area contributed by atoms with Crippen LogP contribution in [0.4, 0.5) is 5.69 Å². The van der Waals surface area contributed by atoms with Crippen molar-refractivity contribution in [2.45, 2.75) is 13.8 Å². The van der Waals surface area contributed by atoms with Crippen LogP contribution in [0.3, 0.4) is 0 Å². The summed E-state index contributed by atoms with van der Waals surface area (Å²) in [5.41, 5.74) is 3.12. The lowest BCUT2D eigenvalue weighted by Gasteiger charge is -2.06. The lowest BCUT2D eigenvalue weighted by Crippen LogP contribution is -2.11.